The maximum atomic E-state index is 13.2. The molecule has 0 aromatic heterocycles. The molecule has 232 valence electrons. The summed E-state index contributed by atoms with van der Waals surface area (Å²) in [7, 11) is 0. The molecule has 1 aliphatic heterocycles. The first-order valence-electron chi connectivity index (χ1n) is 15.3. The number of rotatable bonds is 16. The summed E-state index contributed by atoms with van der Waals surface area (Å²) in [5, 5.41) is 2.31. The lowest BCUT2D eigenvalue weighted by atomic mass is 10.1. The van der Waals surface area contributed by atoms with Crippen LogP contribution in [0.1, 0.15) is 30.6 Å². The summed E-state index contributed by atoms with van der Waals surface area (Å²) in [6, 6.07) is 33.9. The first-order chi connectivity index (χ1) is 22.2. The first kappa shape index (κ1) is 31.6. The van der Waals surface area contributed by atoms with E-state index >= 15 is 0 Å². The second-order valence-corrected chi connectivity index (χ2v) is 10.5. The van der Waals surface area contributed by atoms with Gasteiger partial charge >= 0.3 is 5.97 Å². The third-order valence-corrected chi connectivity index (χ3v) is 7.36. The van der Waals surface area contributed by atoms with E-state index in [1.165, 1.54) is 11.5 Å². The van der Waals surface area contributed by atoms with Crippen LogP contribution in [0, 0.1) is 0 Å². The predicted octanol–water partition coefficient (Wildman–Crippen LogP) is 7.54. The number of carbonyl (C=O) groups excluding carboxylic acids is 1. The zero-order valence-corrected chi connectivity index (χ0v) is 25.6. The van der Waals surface area contributed by atoms with Gasteiger partial charge in [-0.05, 0) is 53.5 Å². The van der Waals surface area contributed by atoms with Gasteiger partial charge in [-0.1, -0.05) is 97.1 Å². The standard InChI is InChI=1S/C38H40N2O5/c1-3-27-44-36(32-17-9-6-10-18-32)37(42-4-2)40-26-25-39(38(40)45-35(41)23-20-30-14-7-5-8-15-30)24-13-28-43-34-22-21-31-16-11-12-19-33(31)29-34/h3,5-12,14-23,25-26,29,36-38H,1,4,13,24,27-28H2,2H3/b23-20+. The zero-order chi connectivity index (χ0) is 31.3. The summed E-state index contributed by atoms with van der Waals surface area (Å²) < 4.78 is 24.8. The molecule has 4 aromatic rings. The van der Waals surface area contributed by atoms with E-state index in [0.29, 0.717) is 32.8 Å². The Morgan fingerprint density at radius 2 is 1.62 bits per heavy atom. The smallest absolute Gasteiger partial charge is 0.334 e. The van der Waals surface area contributed by atoms with Crippen molar-refractivity contribution in [3.05, 3.63) is 145 Å². The third kappa shape index (κ3) is 8.62. The Morgan fingerprint density at radius 3 is 2.38 bits per heavy atom. The van der Waals surface area contributed by atoms with Crippen LogP contribution in [-0.2, 0) is 19.0 Å². The Kier molecular flexibility index (Phi) is 11.4. The number of hydrogen-bond donors (Lipinski definition) is 0. The monoisotopic (exact) mass is 604 g/mol. The molecule has 0 aliphatic carbocycles. The van der Waals surface area contributed by atoms with Crippen LogP contribution in [0.25, 0.3) is 16.8 Å². The number of ether oxygens (including phenoxy) is 4. The molecule has 0 fully saturated rings. The van der Waals surface area contributed by atoms with Gasteiger partial charge in [0.15, 0.2) is 6.23 Å². The van der Waals surface area contributed by atoms with Crippen LogP contribution >= 0.6 is 0 Å². The van der Waals surface area contributed by atoms with Crippen molar-refractivity contribution in [2.75, 3.05) is 26.4 Å². The molecule has 1 aliphatic rings. The Hall–Kier alpha value is -4.85. The van der Waals surface area contributed by atoms with Gasteiger partial charge < -0.3 is 23.8 Å². The van der Waals surface area contributed by atoms with Crippen molar-refractivity contribution >= 4 is 22.8 Å². The molecule has 5 rings (SSSR count). The van der Waals surface area contributed by atoms with Crippen molar-refractivity contribution in [2.45, 2.75) is 32.0 Å². The molecule has 0 radical (unpaired) electrons. The van der Waals surface area contributed by atoms with Gasteiger partial charge in [0.25, 0.3) is 6.35 Å². The summed E-state index contributed by atoms with van der Waals surface area (Å²) >= 11 is 0. The highest BCUT2D eigenvalue weighted by atomic mass is 16.6. The van der Waals surface area contributed by atoms with Crippen LogP contribution in [0.4, 0.5) is 0 Å². The van der Waals surface area contributed by atoms with Crippen molar-refractivity contribution < 1.29 is 23.7 Å². The van der Waals surface area contributed by atoms with Crippen molar-refractivity contribution in [3.63, 3.8) is 0 Å². The van der Waals surface area contributed by atoms with Crippen LogP contribution < -0.4 is 4.74 Å². The van der Waals surface area contributed by atoms with E-state index in [0.717, 1.165) is 22.3 Å². The lowest BCUT2D eigenvalue weighted by Crippen LogP contribution is -2.50. The van der Waals surface area contributed by atoms with E-state index in [9.17, 15) is 4.79 Å². The fraction of sp³-hybridized carbons (Fsp3) is 0.237. The van der Waals surface area contributed by atoms with Crippen LogP contribution in [0.15, 0.2) is 134 Å². The summed E-state index contributed by atoms with van der Waals surface area (Å²) in [4.78, 5) is 17.1. The molecular weight excluding hydrogens is 564 g/mol. The van der Waals surface area contributed by atoms with Gasteiger partial charge in [-0.2, -0.15) is 0 Å². The topological polar surface area (TPSA) is 60.5 Å². The van der Waals surface area contributed by atoms with E-state index in [4.69, 9.17) is 18.9 Å². The molecule has 45 heavy (non-hydrogen) atoms. The lowest BCUT2D eigenvalue weighted by molar-refractivity contribution is -0.203. The summed E-state index contributed by atoms with van der Waals surface area (Å²) in [5.74, 6) is 0.358. The summed E-state index contributed by atoms with van der Waals surface area (Å²) in [6.45, 7) is 7.62. The van der Waals surface area contributed by atoms with Crippen molar-refractivity contribution in [2.24, 2.45) is 0 Å². The highest BCUT2D eigenvalue weighted by molar-refractivity contribution is 5.87. The zero-order valence-electron chi connectivity index (χ0n) is 25.6. The Labute approximate surface area is 265 Å². The number of hydrogen-bond acceptors (Lipinski definition) is 7. The van der Waals surface area contributed by atoms with E-state index < -0.39 is 24.7 Å². The number of esters is 1. The molecule has 0 spiro atoms. The van der Waals surface area contributed by atoms with Gasteiger partial charge in [0.2, 0.25) is 0 Å². The minimum absolute atomic E-state index is 0.334. The Morgan fingerprint density at radius 1 is 0.889 bits per heavy atom. The number of benzene rings is 4. The molecule has 7 heteroatoms. The van der Waals surface area contributed by atoms with Gasteiger partial charge in [0, 0.05) is 31.6 Å². The SMILES string of the molecule is C=CCOC(c1ccccc1)C(OCC)N1C=CN(CCCOc2ccc3ccccc3c2)C1OC(=O)/C=C/c1ccccc1. The van der Waals surface area contributed by atoms with Crippen LogP contribution in [0.3, 0.4) is 0 Å². The van der Waals surface area contributed by atoms with E-state index in [-0.39, 0.29) is 0 Å². The Balaban J connectivity index is 1.32. The molecule has 0 N–H and O–H groups in total. The predicted molar refractivity (Wildman–Crippen MR) is 178 cm³/mol. The third-order valence-electron chi connectivity index (χ3n) is 7.36. The highest BCUT2D eigenvalue weighted by Gasteiger charge is 2.39. The minimum Gasteiger partial charge on any atom is -0.494 e. The maximum Gasteiger partial charge on any atom is 0.334 e. The Bertz CT molecular complexity index is 1570. The largest absolute Gasteiger partial charge is 0.494 e. The van der Waals surface area contributed by atoms with Gasteiger partial charge in [-0.25, -0.2) is 4.79 Å². The fourth-order valence-corrected chi connectivity index (χ4v) is 5.23. The summed E-state index contributed by atoms with van der Waals surface area (Å²) in [5.41, 5.74) is 1.86. The van der Waals surface area contributed by atoms with Crippen molar-refractivity contribution in [3.8, 4) is 5.75 Å². The molecule has 0 amide bonds. The molecular formula is C38H40N2O5. The molecule has 0 saturated heterocycles. The van der Waals surface area contributed by atoms with Crippen LogP contribution in [0.5, 0.6) is 5.75 Å². The molecule has 3 atom stereocenters. The normalized spacial score (nSPS) is 15.8. The minimum atomic E-state index is -0.756. The average molecular weight is 605 g/mol. The van der Waals surface area contributed by atoms with E-state index in [1.54, 1.807) is 12.2 Å². The second-order valence-electron chi connectivity index (χ2n) is 10.5. The van der Waals surface area contributed by atoms with Gasteiger partial charge in [-0.3, -0.25) is 4.90 Å². The van der Waals surface area contributed by atoms with Crippen LogP contribution in [-0.4, -0.2) is 54.7 Å². The molecule has 0 bridgehead atoms. The summed E-state index contributed by atoms with van der Waals surface area (Å²) in [6.07, 6.45) is 7.64. The maximum absolute atomic E-state index is 13.2. The molecule has 3 unspecified atom stereocenters. The van der Waals surface area contributed by atoms with Crippen molar-refractivity contribution in [1.82, 2.24) is 9.80 Å². The average Bonchev–Trinajstić information content (AvgIpc) is 3.47. The first-order valence-corrected chi connectivity index (χ1v) is 15.3. The number of carbonyl (C=O) groups is 1. The second kappa shape index (κ2) is 16.3. The lowest BCUT2D eigenvalue weighted by Gasteiger charge is -2.39. The molecule has 1 heterocycles. The van der Waals surface area contributed by atoms with Gasteiger partial charge in [0.1, 0.15) is 11.9 Å². The molecule has 7 nitrogen and oxygen atoms in total. The molecule has 0 saturated carbocycles. The number of nitrogens with zero attached hydrogens (tertiary/aromatic N) is 2. The quantitative estimate of drug-likeness (QED) is 0.0567. The van der Waals surface area contributed by atoms with Crippen molar-refractivity contribution in [1.29, 1.82) is 0 Å². The fourth-order valence-electron chi connectivity index (χ4n) is 5.23. The molecule has 4 aromatic carbocycles. The van der Waals surface area contributed by atoms with E-state index in [1.807, 2.05) is 108 Å². The number of fused-ring (bicyclic) bond motifs is 1. The van der Waals surface area contributed by atoms with Crippen LogP contribution in [0.2, 0.25) is 0 Å². The van der Waals surface area contributed by atoms with Gasteiger partial charge in [-0.15, -0.1) is 6.58 Å². The van der Waals surface area contributed by atoms with Gasteiger partial charge in [0.05, 0.1) is 13.2 Å². The highest BCUT2D eigenvalue weighted by Crippen LogP contribution is 2.32. The van der Waals surface area contributed by atoms with E-state index in [2.05, 4.69) is 30.8 Å².